The standard InChI is InChI=1S/C19H22F2N2O/c20-19(21)18(23-11-9-22-10-12-23)16-7-4-8-17(13-16)24-14-15-5-2-1-3-6-15/h1-8,13,18-19,22H,9-12,14H2/t18-/m0/s1. The molecule has 0 saturated carbocycles. The van der Waals surface area contributed by atoms with E-state index in [-0.39, 0.29) is 0 Å². The molecule has 128 valence electrons. The zero-order valence-electron chi connectivity index (χ0n) is 13.5. The summed E-state index contributed by atoms with van der Waals surface area (Å²) in [6.45, 7) is 3.17. The Morgan fingerprint density at radius 2 is 1.75 bits per heavy atom. The van der Waals surface area contributed by atoms with Gasteiger partial charge in [-0.3, -0.25) is 4.90 Å². The lowest BCUT2D eigenvalue weighted by atomic mass is 10.0. The van der Waals surface area contributed by atoms with Gasteiger partial charge >= 0.3 is 0 Å². The number of benzene rings is 2. The van der Waals surface area contributed by atoms with Crippen LogP contribution in [0.25, 0.3) is 0 Å². The Balaban J connectivity index is 1.72. The van der Waals surface area contributed by atoms with Crippen LogP contribution in [0.15, 0.2) is 54.6 Å². The van der Waals surface area contributed by atoms with Gasteiger partial charge in [0.1, 0.15) is 12.4 Å². The molecule has 0 aromatic heterocycles. The normalized spacial score (nSPS) is 17.0. The molecule has 5 heteroatoms. The number of halogens is 2. The highest BCUT2D eigenvalue weighted by atomic mass is 19.3. The van der Waals surface area contributed by atoms with E-state index in [9.17, 15) is 8.78 Å². The Morgan fingerprint density at radius 1 is 1.00 bits per heavy atom. The fourth-order valence-corrected chi connectivity index (χ4v) is 3.01. The number of ether oxygens (including phenoxy) is 1. The highest BCUT2D eigenvalue weighted by Crippen LogP contribution is 2.30. The van der Waals surface area contributed by atoms with Crippen molar-refractivity contribution >= 4 is 0 Å². The summed E-state index contributed by atoms with van der Waals surface area (Å²) in [6.07, 6.45) is -2.42. The van der Waals surface area contributed by atoms with Crippen molar-refractivity contribution in [2.45, 2.75) is 19.1 Å². The number of hydrogen-bond donors (Lipinski definition) is 1. The summed E-state index contributed by atoms with van der Waals surface area (Å²) in [7, 11) is 0. The van der Waals surface area contributed by atoms with Gasteiger partial charge in [0.2, 0.25) is 0 Å². The van der Waals surface area contributed by atoms with E-state index in [0.29, 0.717) is 31.0 Å². The molecule has 24 heavy (non-hydrogen) atoms. The van der Waals surface area contributed by atoms with E-state index < -0.39 is 12.5 Å². The second-order valence-electron chi connectivity index (χ2n) is 5.91. The molecule has 1 saturated heterocycles. The van der Waals surface area contributed by atoms with Crippen LogP contribution in [0.2, 0.25) is 0 Å². The van der Waals surface area contributed by atoms with Crippen LogP contribution in [-0.4, -0.2) is 37.5 Å². The maximum Gasteiger partial charge on any atom is 0.258 e. The number of nitrogens with one attached hydrogen (secondary N) is 1. The highest BCUT2D eigenvalue weighted by molar-refractivity contribution is 5.31. The van der Waals surface area contributed by atoms with Crippen molar-refractivity contribution in [3.8, 4) is 5.75 Å². The average Bonchev–Trinajstić information content (AvgIpc) is 2.62. The first-order valence-electron chi connectivity index (χ1n) is 8.23. The highest BCUT2D eigenvalue weighted by Gasteiger charge is 2.30. The summed E-state index contributed by atoms with van der Waals surface area (Å²) in [6, 6.07) is 16.0. The van der Waals surface area contributed by atoms with E-state index in [1.54, 1.807) is 18.2 Å². The SMILES string of the molecule is FC(F)[C@H](c1cccc(OCc2ccccc2)c1)N1CCNCC1. The van der Waals surface area contributed by atoms with E-state index in [2.05, 4.69) is 5.32 Å². The fourth-order valence-electron chi connectivity index (χ4n) is 3.01. The molecule has 1 fully saturated rings. The van der Waals surface area contributed by atoms with Gasteiger partial charge < -0.3 is 10.1 Å². The maximum absolute atomic E-state index is 13.6. The number of rotatable bonds is 6. The van der Waals surface area contributed by atoms with Crippen LogP contribution >= 0.6 is 0 Å². The Labute approximate surface area is 141 Å². The first kappa shape index (κ1) is 16.9. The smallest absolute Gasteiger partial charge is 0.258 e. The first-order chi connectivity index (χ1) is 11.7. The van der Waals surface area contributed by atoms with Crippen molar-refractivity contribution in [3.05, 3.63) is 65.7 Å². The molecular formula is C19H22F2N2O. The molecule has 3 nitrogen and oxygen atoms in total. The van der Waals surface area contributed by atoms with Crippen molar-refractivity contribution in [3.63, 3.8) is 0 Å². The minimum atomic E-state index is -2.42. The molecule has 2 aromatic rings. The third-order valence-electron chi connectivity index (χ3n) is 4.23. The zero-order valence-corrected chi connectivity index (χ0v) is 13.5. The molecule has 1 aliphatic heterocycles. The van der Waals surface area contributed by atoms with Crippen molar-refractivity contribution < 1.29 is 13.5 Å². The van der Waals surface area contributed by atoms with E-state index in [0.717, 1.165) is 18.7 Å². The molecule has 0 radical (unpaired) electrons. The van der Waals surface area contributed by atoms with E-state index in [4.69, 9.17) is 4.74 Å². The Kier molecular flexibility index (Phi) is 5.77. The molecule has 0 unspecified atom stereocenters. The van der Waals surface area contributed by atoms with Crippen molar-refractivity contribution in [2.75, 3.05) is 26.2 Å². The molecular weight excluding hydrogens is 310 g/mol. The summed E-state index contributed by atoms with van der Waals surface area (Å²) in [5.74, 6) is 0.622. The summed E-state index contributed by atoms with van der Waals surface area (Å²) in [4.78, 5) is 1.84. The van der Waals surface area contributed by atoms with Crippen molar-refractivity contribution in [2.24, 2.45) is 0 Å². The molecule has 1 N–H and O–H groups in total. The second kappa shape index (κ2) is 8.22. The Bertz CT molecular complexity index is 630. The lowest BCUT2D eigenvalue weighted by molar-refractivity contribution is 0.0181. The fraction of sp³-hybridized carbons (Fsp3) is 0.368. The lowest BCUT2D eigenvalue weighted by Gasteiger charge is -2.34. The van der Waals surface area contributed by atoms with Crippen LogP contribution in [0.1, 0.15) is 17.2 Å². The molecule has 0 amide bonds. The zero-order chi connectivity index (χ0) is 16.8. The van der Waals surface area contributed by atoms with Crippen LogP contribution < -0.4 is 10.1 Å². The lowest BCUT2D eigenvalue weighted by Crippen LogP contribution is -2.46. The molecule has 2 aromatic carbocycles. The number of hydrogen-bond acceptors (Lipinski definition) is 3. The van der Waals surface area contributed by atoms with Crippen molar-refractivity contribution in [1.82, 2.24) is 10.2 Å². The first-order valence-corrected chi connectivity index (χ1v) is 8.23. The molecule has 0 bridgehead atoms. The number of alkyl halides is 2. The Hall–Kier alpha value is -1.98. The van der Waals surface area contributed by atoms with Crippen LogP contribution in [-0.2, 0) is 6.61 Å². The quantitative estimate of drug-likeness (QED) is 0.876. The van der Waals surface area contributed by atoms with Gasteiger partial charge in [-0.1, -0.05) is 42.5 Å². The summed E-state index contributed by atoms with van der Waals surface area (Å²) >= 11 is 0. The van der Waals surface area contributed by atoms with Gasteiger partial charge in [-0.2, -0.15) is 0 Å². The van der Waals surface area contributed by atoms with Crippen LogP contribution in [0.4, 0.5) is 8.78 Å². The average molecular weight is 332 g/mol. The van der Waals surface area contributed by atoms with Gasteiger partial charge in [0.05, 0.1) is 6.04 Å². The molecule has 1 aliphatic rings. The predicted octanol–water partition coefficient (Wildman–Crippen LogP) is 3.48. The van der Waals surface area contributed by atoms with Gasteiger partial charge in [0, 0.05) is 26.2 Å². The number of nitrogens with zero attached hydrogens (tertiary/aromatic N) is 1. The van der Waals surface area contributed by atoms with Crippen LogP contribution in [0.3, 0.4) is 0 Å². The third-order valence-corrected chi connectivity index (χ3v) is 4.23. The summed E-state index contributed by atoms with van der Waals surface area (Å²) in [5.41, 5.74) is 1.66. The summed E-state index contributed by atoms with van der Waals surface area (Å²) < 4.78 is 33.1. The van der Waals surface area contributed by atoms with Crippen molar-refractivity contribution in [1.29, 1.82) is 0 Å². The molecule has 1 atom stereocenters. The molecule has 1 heterocycles. The van der Waals surface area contributed by atoms with Gasteiger partial charge in [0.15, 0.2) is 0 Å². The topological polar surface area (TPSA) is 24.5 Å². The maximum atomic E-state index is 13.6. The second-order valence-corrected chi connectivity index (χ2v) is 5.91. The Morgan fingerprint density at radius 3 is 2.46 bits per heavy atom. The van der Waals surface area contributed by atoms with E-state index >= 15 is 0 Å². The van der Waals surface area contributed by atoms with Gasteiger partial charge in [-0.15, -0.1) is 0 Å². The van der Waals surface area contributed by atoms with Gasteiger partial charge in [-0.05, 0) is 23.3 Å². The summed E-state index contributed by atoms with van der Waals surface area (Å²) in [5, 5.41) is 3.20. The molecule has 0 aliphatic carbocycles. The van der Waals surface area contributed by atoms with Crippen LogP contribution in [0.5, 0.6) is 5.75 Å². The number of piperazine rings is 1. The van der Waals surface area contributed by atoms with Gasteiger partial charge in [0.25, 0.3) is 6.43 Å². The van der Waals surface area contributed by atoms with E-state index in [1.165, 1.54) is 0 Å². The minimum Gasteiger partial charge on any atom is -0.489 e. The van der Waals surface area contributed by atoms with Gasteiger partial charge in [-0.25, -0.2) is 8.78 Å². The molecule has 3 rings (SSSR count). The monoisotopic (exact) mass is 332 g/mol. The predicted molar refractivity (Wildman–Crippen MR) is 90.4 cm³/mol. The van der Waals surface area contributed by atoms with E-state index in [1.807, 2.05) is 41.3 Å². The largest absolute Gasteiger partial charge is 0.489 e. The molecule has 0 spiro atoms. The minimum absolute atomic E-state index is 0.428. The van der Waals surface area contributed by atoms with Crippen LogP contribution in [0, 0.1) is 0 Å². The third kappa shape index (κ3) is 4.30.